The van der Waals surface area contributed by atoms with Crippen LogP contribution in [-0.4, -0.2) is 6.54 Å². The van der Waals surface area contributed by atoms with Crippen LogP contribution in [0, 0.1) is 5.41 Å². The van der Waals surface area contributed by atoms with E-state index in [0.717, 1.165) is 12.2 Å². The molecule has 1 aromatic rings. The Hall–Kier alpha value is -0.600. The third-order valence-electron chi connectivity index (χ3n) is 3.32. The maximum atomic E-state index is 6.10. The molecule has 16 heavy (non-hydrogen) atoms. The van der Waals surface area contributed by atoms with E-state index in [1.165, 1.54) is 19.3 Å². The standard InChI is InChI=1S/C12H16Cl2N2/c1-12(3-2-4-12)7-16-11-9(13)5-8(15)6-10(11)14/h5-6,16H,2-4,7,15H2,1H3. The van der Waals surface area contributed by atoms with Crippen molar-refractivity contribution in [2.45, 2.75) is 26.2 Å². The smallest absolute Gasteiger partial charge is 0.0720 e. The Morgan fingerprint density at radius 1 is 1.31 bits per heavy atom. The van der Waals surface area contributed by atoms with E-state index in [4.69, 9.17) is 28.9 Å². The lowest BCUT2D eigenvalue weighted by Gasteiger charge is -2.38. The zero-order chi connectivity index (χ0) is 11.8. The van der Waals surface area contributed by atoms with Gasteiger partial charge in [0, 0.05) is 12.2 Å². The van der Waals surface area contributed by atoms with E-state index in [2.05, 4.69) is 12.2 Å². The number of hydrogen-bond donors (Lipinski definition) is 2. The molecule has 0 heterocycles. The highest BCUT2D eigenvalue weighted by Gasteiger charge is 2.31. The summed E-state index contributed by atoms with van der Waals surface area (Å²) in [6.07, 6.45) is 3.86. The lowest BCUT2D eigenvalue weighted by molar-refractivity contribution is 0.180. The van der Waals surface area contributed by atoms with Crippen molar-refractivity contribution in [1.82, 2.24) is 0 Å². The molecule has 0 bridgehead atoms. The molecule has 0 spiro atoms. The van der Waals surface area contributed by atoms with Crippen LogP contribution in [0.25, 0.3) is 0 Å². The number of rotatable bonds is 3. The number of benzene rings is 1. The van der Waals surface area contributed by atoms with Gasteiger partial charge in [-0.2, -0.15) is 0 Å². The lowest BCUT2D eigenvalue weighted by Crippen LogP contribution is -2.33. The van der Waals surface area contributed by atoms with Crippen LogP contribution >= 0.6 is 23.2 Å². The third kappa shape index (κ3) is 2.38. The topological polar surface area (TPSA) is 38.0 Å². The number of nitrogens with one attached hydrogen (secondary N) is 1. The minimum atomic E-state index is 0.397. The molecular formula is C12H16Cl2N2. The van der Waals surface area contributed by atoms with Gasteiger partial charge in [0.25, 0.3) is 0 Å². The van der Waals surface area contributed by atoms with Crippen molar-refractivity contribution in [2.24, 2.45) is 5.41 Å². The van der Waals surface area contributed by atoms with Crippen LogP contribution in [0.1, 0.15) is 26.2 Å². The molecule has 1 aliphatic carbocycles. The van der Waals surface area contributed by atoms with Gasteiger partial charge in [-0.15, -0.1) is 0 Å². The molecule has 2 rings (SSSR count). The highest BCUT2D eigenvalue weighted by molar-refractivity contribution is 6.39. The van der Waals surface area contributed by atoms with Crippen molar-refractivity contribution in [3.05, 3.63) is 22.2 Å². The molecular weight excluding hydrogens is 243 g/mol. The predicted octanol–water partition coefficient (Wildman–Crippen LogP) is 4.18. The Morgan fingerprint density at radius 3 is 2.31 bits per heavy atom. The third-order valence-corrected chi connectivity index (χ3v) is 3.91. The zero-order valence-electron chi connectivity index (χ0n) is 9.32. The van der Waals surface area contributed by atoms with E-state index < -0.39 is 0 Å². The fourth-order valence-electron chi connectivity index (χ4n) is 2.02. The molecule has 0 saturated heterocycles. The van der Waals surface area contributed by atoms with Crippen molar-refractivity contribution in [3.63, 3.8) is 0 Å². The van der Waals surface area contributed by atoms with Crippen LogP contribution in [0.4, 0.5) is 11.4 Å². The molecule has 4 heteroatoms. The maximum Gasteiger partial charge on any atom is 0.0720 e. The second-order valence-corrected chi connectivity index (χ2v) is 5.69. The summed E-state index contributed by atoms with van der Waals surface area (Å²) < 4.78 is 0. The van der Waals surface area contributed by atoms with Gasteiger partial charge >= 0.3 is 0 Å². The largest absolute Gasteiger partial charge is 0.399 e. The van der Waals surface area contributed by atoms with Gasteiger partial charge in [0.05, 0.1) is 15.7 Å². The number of halogens is 2. The molecule has 0 aromatic heterocycles. The molecule has 0 aliphatic heterocycles. The monoisotopic (exact) mass is 258 g/mol. The summed E-state index contributed by atoms with van der Waals surface area (Å²) in [4.78, 5) is 0. The normalized spacial score (nSPS) is 17.9. The Labute approximate surface area is 106 Å². The second kappa shape index (κ2) is 4.34. The number of hydrogen-bond acceptors (Lipinski definition) is 2. The van der Waals surface area contributed by atoms with Crippen LogP contribution in [0.15, 0.2) is 12.1 Å². The van der Waals surface area contributed by atoms with Gasteiger partial charge in [-0.05, 0) is 30.4 Å². The van der Waals surface area contributed by atoms with Gasteiger partial charge in [0.2, 0.25) is 0 Å². The van der Waals surface area contributed by atoms with Gasteiger partial charge in [-0.25, -0.2) is 0 Å². The van der Waals surface area contributed by atoms with E-state index in [1.807, 2.05) is 0 Å². The molecule has 0 atom stereocenters. The molecule has 88 valence electrons. The molecule has 1 fully saturated rings. The first kappa shape index (κ1) is 11.9. The Kier molecular flexibility index (Phi) is 3.22. The van der Waals surface area contributed by atoms with Crippen LogP contribution in [0.2, 0.25) is 10.0 Å². The molecule has 0 unspecified atom stereocenters. The van der Waals surface area contributed by atoms with Crippen molar-refractivity contribution in [2.75, 3.05) is 17.6 Å². The summed E-state index contributed by atoms with van der Waals surface area (Å²) in [6, 6.07) is 3.44. The summed E-state index contributed by atoms with van der Waals surface area (Å²) in [5.41, 5.74) is 7.44. The van der Waals surface area contributed by atoms with E-state index in [9.17, 15) is 0 Å². The van der Waals surface area contributed by atoms with E-state index in [-0.39, 0.29) is 0 Å². The molecule has 1 saturated carbocycles. The van der Waals surface area contributed by atoms with Crippen molar-refractivity contribution in [1.29, 1.82) is 0 Å². The second-order valence-electron chi connectivity index (χ2n) is 4.88. The number of nitrogens with two attached hydrogens (primary N) is 1. The van der Waals surface area contributed by atoms with Crippen molar-refractivity contribution >= 4 is 34.6 Å². The maximum absolute atomic E-state index is 6.10. The highest BCUT2D eigenvalue weighted by atomic mass is 35.5. The van der Waals surface area contributed by atoms with Gasteiger partial charge < -0.3 is 11.1 Å². The van der Waals surface area contributed by atoms with Gasteiger partial charge in [-0.1, -0.05) is 36.5 Å². The lowest BCUT2D eigenvalue weighted by atomic mass is 9.70. The highest BCUT2D eigenvalue weighted by Crippen LogP contribution is 2.41. The Morgan fingerprint density at radius 2 is 1.88 bits per heavy atom. The van der Waals surface area contributed by atoms with Crippen molar-refractivity contribution < 1.29 is 0 Å². The van der Waals surface area contributed by atoms with E-state index >= 15 is 0 Å². The van der Waals surface area contributed by atoms with Crippen LogP contribution in [0.5, 0.6) is 0 Å². The van der Waals surface area contributed by atoms with Crippen molar-refractivity contribution in [3.8, 4) is 0 Å². The average molecular weight is 259 g/mol. The quantitative estimate of drug-likeness (QED) is 0.799. The summed E-state index contributed by atoms with van der Waals surface area (Å²) >= 11 is 12.2. The first-order valence-electron chi connectivity index (χ1n) is 5.49. The Balaban J connectivity index is 2.09. The van der Waals surface area contributed by atoms with Gasteiger partial charge in [0.1, 0.15) is 0 Å². The summed E-state index contributed by atoms with van der Waals surface area (Å²) in [7, 11) is 0. The van der Waals surface area contributed by atoms with Gasteiger partial charge in [0.15, 0.2) is 0 Å². The fraction of sp³-hybridized carbons (Fsp3) is 0.500. The molecule has 1 aliphatic rings. The predicted molar refractivity (Wildman–Crippen MR) is 71.3 cm³/mol. The molecule has 0 radical (unpaired) electrons. The minimum absolute atomic E-state index is 0.397. The first-order valence-corrected chi connectivity index (χ1v) is 6.24. The average Bonchev–Trinajstić information content (AvgIpc) is 2.13. The molecule has 0 amide bonds. The number of nitrogen functional groups attached to an aromatic ring is 1. The summed E-state index contributed by atoms with van der Waals surface area (Å²) in [5.74, 6) is 0. The van der Waals surface area contributed by atoms with E-state index in [0.29, 0.717) is 21.1 Å². The first-order chi connectivity index (χ1) is 7.50. The summed E-state index contributed by atoms with van der Waals surface area (Å²) in [6.45, 7) is 3.19. The SMILES string of the molecule is CC1(CNc2c(Cl)cc(N)cc2Cl)CCC1. The zero-order valence-corrected chi connectivity index (χ0v) is 10.8. The molecule has 3 N–H and O–H groups in total. The molecule has 1 aromatic carbocycles. The van der Waals surface area contributed by atoms with Crippen LogP contribution in [0.3, 0.4) is 0 Å². The van der Waals surface area contributed by atoms with Crippen LogP contribution < -0.4 is 11.1 Å². The number of anilines is 2. The van der Waals surface area contributed by atoms with E-state index in [1.54, 1.807) is 12.1 Å². The fourth-order valence-corrected chi connectivity index (χ4v) is 2.66. The van der Waals surface area contributed by atoms with Crippen LogP contribution in [-0.2, 0) is 0 Å². The summed E-state index contributed by atoms with van der Waals surface area (Å²) in [5, 5.41) is 4.51. The Bertz CT molecular complexity index is 377. The molecule has 2 nitrogen and oxygen atoms in total. The van der Waals surface area contributed by atoms with Gasteiger partial charge in [-0.3, -0.25) is 0 Å². The minimum Gasteiger partial charge on any atom is -0.399 e.